The lowest BCUT2D eigenvalue weighted by Gasteiger charge is -2.12. The second-order valence-corrected chi connectivity index (χ2v) is 5.01. The first-order valence-corrected chi connectivity index (χ1v) is 6.78. The van der Waals surface area contributed by atoms with Gasteiger partial charge in [0.2, 0.25) is 0 Å². The quantitative estimate of drug-likeness (QED) is 0.894. The molecule has 1 aliphatic rings. The van der Waals surface area contributed by atoms with Crippen LogP contribution in [0.3, 0.4) is 0 Å². The SMILES string of the molecule is c1cc(Cn2cccn2)cc(NCC2CCOC2)c1. The normalized spacial score (nSPS) is 18.6. The first-order chi connectivity index (χ1) is 9.40. The van der Waals surface area contributed by atoms with Gasteiger partial charge in [-0.2, -0.15) is 5.10 Å². The van der Waals surface area contributed by atoms with Gasteiger partial charge >= 0.3 is 0 Å². The van der Waals surface area contributed by atoms with Gasteiger partial charge < -0.3 is 10.1 Å². The summed E-state index contributed by atoms with van der Waals surface area (Å²) in [6, 6.07) is 10.5. The molecule has 1 aromatic carbocycles. The summed E-state index contributed by atoms with van der Waals surface area (Å²) < 4.78 is 7.32. The number of hydrogen-bond donors (Lipinski definition) is 1. The highest BCUT2D eigenvalue weighted by Crippen LogP contribution is 2.16. The first kappa shape index (κ1) is 12.2. The van der Waals surface area contributed by atoms with E-state index in [-0.39, 0.29) is 0 Å². The van der Waals surface area contributed by atoms with Crippen molar-refractivity contribution in [1.82, 2.24) is 9.78 Å². The molecule has 0 aliphatic carbocycles. The summed E-state index contributed by atoms with van der Waals surface area (Å²) in [5, 5.41) is 7.73. The molecule has 4 nitrogen and oxygen atoms in total. The van der Waals surface area contributed by atoms with Crippen molar-refractivity contribution in [3.8, 4) is 0 Å². The molecule has 1 saturated heterocycles. The third-order valence-corrected chi connectivity index (χ3v) is 3.45. The Morgan fingerprint density at radius 2 is 2.37 bits per heavy atom. The number of rotatable bonds is 5. The van der Waals surface area contributed by atoms with Crippen LogP contribution >= 0.6 is 0 Å². The molecule has 0 radical (unpaired) electrons. The van der Waals surface area contributed by atoms with Gasteiger partial charge in [0.1, 0.15) is 0 Å². The maximum atomic E-state index is 5.39. The van der Waals surface area contributed by atoms with Gasteiger partial charge in [0, 0.05) is 37.2 Å². The summed E-state index contributed by atoms with van der Waals surface area (Å²) in [4.78, 5) is 0. The third kappa shape index (κ3) is 3.35. The molecule has 1 fully saturated rings. The number of benzene rings is 1. The first-order valence-electron chi connectivity index (χ1n) is 6.78. The Bertz CT molecular complexity index is 504. The summed E-state index contributed by atoms with van der Waals surface area (Å²) in [5.74, 6) is 0.648. The van der Waals surface area contributed by atoms with Gasteiger partial charge in [-0.05, 0) is 30.2 Å². The van der Waals surface area contributed by atoms with E-state index in [2.05, 4.69) is 34.7 Å². The van der Waals surface area contributed by atoms with Crippen molar-refractivity contribution in [1.29, 1.82) is 0 Å². The van der Waals surface area contributed by atoms with E-state index in [1.807, 2.05) is 23.1 Å². The van der Waals surface area contributed by atoms with Crippen LogP contribution in [0.15, 0.2) is 42.7 Å². The minimum atomic E-state index is 0.648. The maximum Gasteiger partial charge on any atom is 0.0660 e. The monoisotopic (exact) mass is 257 g/mol. The lowest BCUT2D eigenvalue weighted by atomic mass is 10.1. The number of aromatic nitrogens is 2. The molecule has 0 saturated carbocycles. The van der Waals surface area contributed by atoms with Crippen LogP contribution in [-0.2, 0) is 11.3 Å². The minimum Gasteiger partial charge on any atom is -0.385 e. The van der Waals surface area contributed by atoms with Crippen molar-refractivity contribution in [2.75, 3.05) is 25.1 Å². The molecule has 0 amide bonds. The molecule has 1 aliphatic heterocycles. The van der Waals surface area contributed by atoms with Gasteiger partial charge in [0.25, 0.3) is 0 Å². The Labute approximate surface area is 113 Å². The van der Waals surface area contributed by atoms with Crippen LogP contribution in [0.5, 0.6) is 0 Å². The van der Waals surface area contributed by atoms with Crippen LogP contribution in [0, 0.1) is 5.92 Å². The molecule has 19 heavy (non-hydrogen) atoms. The van der Waals surface area contributed by atoms with Crippen LogP contribution < -0.4 is 5.32 Å². The van der Waals surface area contributed by atoms with Gasteiger partial charge in [-0.1, -0.05) is 12.1 Å². The fraction of sp³-hybridized carbons (Fsp3) is 0.400. The molecular formula is C15H19N3O. The van der Waals surface area contributed by atoms with Crippen LogP contribution in [0.25, 0.3) is 0 Å². The standard InChI is InChI=1S/C15H19N3O/c1-3-13(11-18-7-2-6-17-18)9-15(4-1)16-10-14-5-8-19-12-14/h1-4,6-7,9,14,16H,5,8,10-12H2. The highest BCUT2D eigenvalue weighted by Gasteiger charge is 2.14. The number of ether oxygens (including phenoxy) is 1. The average molecular weight is 257 g/mol. The van der Waals surface area contributed by atoms with E-state index < -0.39 is 0 Å². The summed E-state index contributed by atoms with van der Waals surface area (Å²) in [6.07, 6.45) is 4.96. The van der Waals surface area contributed by atoms with Crippen molar-refractivity contribution < 1.29 is 4.74 Å². The smallest absolute Gasteiger partial charge is 0.0660 e. The summed E-state index contributed by atoms with van der Waals surface area (Å²) >= 11 is 0. The molecule has 3 rings (SSSR count). The van der Waals surface area contributed by atoms with Crippen molar-refractivity contribution >= 4 is 5.69 Å². The van der Waals surface area contributed by atoms with Crippen LogP contribution in [0.2, 0.25) is 0 Å². The van der Waals surface area contributed by atoms with Gasteiger partial charge in [-0.15, -0.1) is 0 Å². The van der Waals surface area contributed by atoms with E-state index in [4.69, 9.17) is 4.74 Å². The summed E-state index contributed by atoms with van der Waals surface area (Å²) in [5.41, 5.74) is 2.44. The highest BCUT2D eigenvalue weighted by atomic mass is 16.5. The van der Waals surface area contributed by atoms with Crippen LogP contribution in [0.4, 0.5) is 5.69 Å². The number of hydrogen-bond acceptors (Lipinski definition) is 3. The lowest BCUT2D eigenvalue weighted by molar-refractivity contribution is 0.187. The van der Waals surface area contributed by atoms with Crippen molar-refractivity contribution in [3.05, 3.63) is 48.3 Å². The zero-order valence-corrected chi connectivity index (χ0v) is 11.0. The van der Waals surface area contributed by atoms with E-state index in [9.17, 15) is 0 Å². The number of nitrogens with one attached hydrogen (secondary N) is 1. The molecule has 4 heteroatoms. The van der Waals surface area contributed by atoms with Crippen LogP contribution in [-0.4, -0.2) is 29.5 Å². The molecule has 0 bridgehead atoms. The molecule has 2 heterocycles. The molecule has 0 spiro atoms. The van der Waals surface area contributed by atoms with Gasteiger partial charge in [0.05, 0.1) is 13.2 Å². The number of anilines is 1. The van der Waals surface area contributed by atoms with E-state index >= 15 is 0 Å². The van der Waals surface area contributed by atoms with Gasteiger partial charge in [-0.3, -0.25) is 4.68 Å². The van der Waals surface area contributed by atoms with E-state index in [0.29, 0.717) is 5.92 Å². The maximum absolute atomic E-state index is 5.39. The molecule has 1 aromatic heterocycles. The zero-order valence-electron chi connectivity index (χ0n) is 11.0. The molecule has 1 N–H and O–H groups in total. The van der Waals surface area contributed by atoms with Crippen LogP contribution in [0.1, 0.15) is 12.0 Å². The largest absolute Gasteiger partial charge is 0.385 e. The summed E-state index contributed by atoms with van der Waals surface area (Å²) in [6.45, 7) is 3.60. The molecular weight excluding hydrogens is 238 g/mol. The van der Waals surface area contributed by atoms with Gasteiger partial charge in [0.15, 0.2) is 0 Å². The van der Waals surface area contributed by atoms with E-state index in [0.717, 1.165) is 26.3 Å². The van der Waals surface area contributed by atoms with Gasteiger partial charge in [-0.25, -0.2) is 0 Å². The minimum absolute atomic E-state index is 0.648. The highest BCUT2D eigenvalue weighted by molar-refractivity contribution is 5.45. The fourth-order valence-corrected chi connectivity index (χ4v) is 2.37. The molecule has 1 atom stereocenters. The van der Waals surface area contributed by atoms with E-state index in [1.165, 1.54) is 17.7 Å². The summed E-state index contributed by atoms with van der Waals surface area (Å²) in [7, 11) is 0. The van der Waals surface area contributed by atoms with Crippen molar-refractivity contribution in [2.24, 2.45) is 5.92 Å². The fourth-order valence-electron chi connectivity index (χ4n) is 2.37. The Hall–Kier alpha value is -1.81. The van der Waals surface area contributed by atoms with Crippen molar-refractivity contribution in [3.63, 3.8) is 0 Å². The zero-order chi connectivity index (χ0) is 12.9. The topological polar surface area (TPSA) is 39.1 Å². The number of nitrogens with zero attached hydrogens (tertiary/aromatic N) is 2. The average Bonchev–Trinajstić information content (AvgIpc) is 3.10. The molecule has 100 valence electrons. The predicted octanol–water partition coefficient (Wildman–Crippen LogP) is 2.38. The Morgan fingerprint density at radius 1 is 1.37 bits per heavy atom. The predicted molar refractivity (Wildman–Crippen MR) is 75.2 cm³/mol. The third-order valence-electron chi connectivity index (χ3n) is 3.45. The molecule has 2 aromatic rings. The Balaban J connectivity index is 1.59. The Kier molecular flexibility index (Phi) is 3.79. The van der Waals surface area contributed by atoms with Crippen molar-refractivity contribution in [2.45, 2.75) is 13.0 Å². The lowest BCUT2D eigenvalue weighted by Crippen LogP contribution is -2.14. The second kappa shape index (κ2) is 5.89. The second-order valence-electron chi connectivity index (χ2n) is 5.01. The molecule has 1 unspecified atom stereocenters. The Morgan fingerprint density at radius 3 is 3.16 bits per heavy atom. The van der Waals surface area contributed by atoms with E-state index in [1.54, 1.807) is 0 Å².